The van der Waals surface area contributed by atoms with Crippen LogP contribution in [0, 0.1) is 0 Å². The Morgan fingerprint density at radius 3 is 2.35 bits per heavy atom. The van der Waals surface area contributed by atoms with Crippen molar-refractivity contribution in [2.75, 3.05) is 0 Å². The molecule has 0 saturated carbocycles. The summed E-state index contributed by atoms with van der Waals surface area (Å²) in [6.45, 7) is 6.41. The molecule has 2 aromatic rings. The van der Waals surface area contributed by atoms with Gasteiger partial charge in [-0.15, -0.1) is 0 Å². The summed E-state index contributed by atoms with van der Waals surface area (Å²) in [7, 11) is 0. The fourth-order valence-corrected chi connectivity index (χ4v) is 2.70. The summed E-state index contributed by atoms with van der Waals surface area (Å²) in [6.07, 6.45) is -0.597. The third-order valence-electron chi connectivity index (χ3n) is 3.58. The summed E-state index contributed by atoms with van der Waals surface area (Å²) in [4.78, 5) is 11.5. The van der Waals surface area contributed by atoms with Crippen LogP contribution in [0.15, 0.2) is 53.0 Å². The van der Waals surface area contributed by atoms with E-state index >= 15 is 0 Å². The second-order valence-electron chi connectivity index (χ2n) is 6.55. The molecule has 0 bridgehead atoms. The highest BCUT2D eigenvalue weighted by Gasteiger charge is 2.21. The molecule has 0 saturated heterocycles. The molecule has 0 aromatic heterocycles. The average molecular weight is 377 g/mol. The van der Waals surface area contributed by atoms with Gasteiger partial charge in [0.25, 0.3) is 0 Å². The van der Waals surface area contributed by atoms with Crippen LogP contribution in [0.4, 0.5) is 0 Å². The molecule has 0 aliphatic carbocycles. The van der Waals surface area contributed by atoms with Crippen LogP contribution in [0.2, 0.25) is 0 Å². The minimum atomic E-state index is -0.968. The van der Waals surface area contributed by atoms with Crippen molar-refractivity contribution in [3.63, 3.8) is 0 Å². The zero-order valence-electron chi connectivity index (χ0n) is 13.5. The lowest BCUT2D eigenvalue weighted by molar-refractivity contribution is -0.145. The first kappa shape index (κ1) is 17.5. The molecule has 0 heterocycles. The lowest BCUT2D eigenvalue weighted by atomic mass is 9.87. The zero-order valence-corrected chi connectivity index (χ0v) is 15.1. The molecular weight excluding hydrogens is 356 g/mol. The Morgan fingerprint density at radius 2 is 1.83 bits per heavy atom. The van der Waals surface area contributed by atoms with E-state index in [0.29, 0.717) is 12.2 Å². The highest BCUT2D eigenvalue weighted by Crippen LogP contribution is 2.25. The summed E-state index contributed by atoms with van der Waals surface area (Å²) >= 11 is 3.39. The van der Waals surface area contributed by atoms with Crippen LogP contribution in [0.25, 0.3) is 0 Å². The molecule has 1 N–H and O–H groups in total. The van der Waals surface area contributed by atoms with Crippen molar-refractivity contribution in [3.8, 4) is 5.75 Å². The minimum Gasteiger partial charge on any atom is -0.478 e. The number of carbonyl (C=O) groups is 1. The van der Waals surface area contributed by atoms with Gasteiger partial charge in [-0.1, -0.05) is 61.0 Å². The van der Waals surface area contributed by atoms with Gasteiger partial charge in [-0.25, -0.2) is 4.79 Å². The number of aliphatic carboxylic acids is 1. The lowest BCUT2D eigenvalue weighted by Gasteiger charge is -2.20. The van der Waals surface area contributed by atoms with E-state index in [1.54, 1.807) is 0 Å². The maximum Gasteiger partial charge on any atom is 0.345 e. The monoisotopic (exact) mass is 376 g/mol. The maximum atomic E-state index is 11.5. The van der Waals surface area contributed by atoms with Crippen LogP contribution in [0.5, 0.6) is 5.75 Å². The third kappa shape index (κ3) is 5.10. The molecule has 0 aliphatic rings. The Morgan fingerprint density at radius 1 is 1.17 bits per heavy atom. The quantitative estimate of drug-likeness (QED) is 0.813. The van der Waals surface area contributed by atoms with Crippen molar-refractivity contribution in [1.82, 2.24) is 0 Å². The van der Waals surface area contributed by atoms with Crippen molar-refractivity contribution in [3.05, 3.63) is 64.1 Å². The Kier molecular flexibility index (Phi) is 5.47. The van der Waals surface area contributed by atoms with Gasteiger partial charge in [0.05, 0.1) is 0 Å². The number of ether oxygens (including phenoxy) is 1. The fraction of sp³-hybridized carbons (Fsp3) is 0.316. The van der Waals surface area contributed by atoms with Crippen molar-refractivity contribution in [2.45, 2.75) is 38.7 Å². The summed E-state index contributed by atoms with van der Waals surface area (Å²) in [5.74, 6) is -0.398. The van der Waals surface area contributed by atoms with Crippen molar-refractivity contribution in [1.29, 1.82) is 0 Å². The average Bonchev–Trinajstić information content (AvgIpc) is 2.46. The van der Waals surface area contributed by atoms with E-state index in [9.17, 15) is 9.90 Å². The molecule has 0 radical (unpaired) electrons. The SMILES string of the molecule is CC(C)(C)c1ccc(O[C@@H](Cc2cccc(Br)c2)C(=O)O)cc1. The van der Waals surface area contributed by atoms with Crippen LogP contribution in [0.1, 0.15) is 31.9 Å². The smallest absolute Gasteiger partial charge is 0.345 e. The summed E-state index contributed by atoms with van der Waals surface area (Å²) in [5, 5.41) is 9.41. The van der Waals surface area contributed by atoms with E-state index in [0.717, 1.165) is 10.0 Å². The van der Waals surface area contributed by atoms with Crippen molar-refractivity contribution in [2.24, 2.45) is 0 Å². The number of halogens is 1. The van der Waals surface area contributed by atoms with Gasteiger partial charge in [0, 0.05) is 10.9 Å². The van der Waals surface area contributed by atoms with Gasteiger partial charge in [0.15, 0.2) is 6.10 Å². The van der Waals surface area contributed by atoms with Gasteiger partial charge in [-0.2, -0.15) is 0 Å². The van der Waals surface area contributed by atoms with Crippen LogP contribution in [-0.2, 0) is 16.6 Å². The molecule has 1 atom stereocenters. The first-order valence-corrected chi connectivity index (χ1v) is 8.29. The molecule has 3 nitrogen and oxygen atoms in total. The molecule has 0 fully saturated rings. The molecule has 0 amide bonds. The van der Waals surface area contributed by atoms with E-state index in [2.05, 4.69) is 36.7 Å². The van der Waals surface area contributed by atoms with Gasteiger partial charge in [0.2, 0.25) is 0 Å². The third-order valence-corrected chi connectivity index (χ3v) is 4.08. The number of benzene rings is 2. The Hall–Kier alpha value is -1.81. The second-order valence-corrected chi connectivity index (χ2v) is 7.47. The van der Waals surface area contributed by atoms with Gasteiger partial charge >= 0.3 is 5.97 Å². The molecular formula is C19H21BrO3. The van der Waals surface area contributed by atoms with E-state index in [1.807, 2.05) is 48.5 Å². The van der Waals surface area contributed by atoms with Gasteiger partial charge in [-0.05, 0) is 40.8 Å². The number of carboxylic acid groups (broad SMARTS) is 1. The van der Waals surface area contributed by atoms with Crippen LogP contribution < -0.4 is 4.74 Å². The summed E-state index contributed by atoms with van der Waals surface area (Å²) in [6, 6.07) is 15.2. The largest absolute Gasteiger partial charge is 0.478 e. The van der Waals surface area contributed by atoms with Gasteiger partial charge < -0.3 is 9.84 Å². The fourth-order valence-electron chi connectivity index (χ4n) is 2.26. The molecule has 2 rings (SSSR count). The van der Waals surface area contributed by atoms with E-state index in [-0.39, 0.29) is 5.41 Å². The standard InChI is InChI=1S/C19H21BrO3/c1-19(2,3)14-7-9-16(10-8-14)23-17(18(21)22)12-13-5-4-6-15(20)11-13/h4-11,17H,12H2,1-3H3,(H,21,22)/t17-/m0/s1. The normalized spacial score (nSPS) is 12.7. The Bertz CT molecular complexity index is 672. The topological polar surface area (TPSA) is 46.5 Å². The number of carboxylic acids is 1. The molecule has 2 aromatic carbocycles. The summed E-state index contributed by atoms with van der Waals surface area (Å²) in [5.41, 5.74) is 2.16. The van der Waals surface area contributed by atoms with Crippen LogP contribution in [-0.4, -0.2) is 17.2 Å². The predicted molar refractivity (Wildman–Crippen MR) is 95.0 cm³/mol. The Labute approximate surface area is 145 Å². The molecule has 122 valence electrons. The molecule has 4 heteroatoms. The number of rotatable bonds is 5. The van der Waals surface area contributed by atoms with Gasteiger partial charge in [-0.3, -0.25) is 0 Å². The maximum absolute atomic E-state index is 11.5. The van der Waals surface area contributed by atoms with E-state index < -0.39 is 12.1 Å². The molecule has 0 unspecified atom stereocenters. The highest BCUT2D eigenvalue weighted by molar-refractivity contribution is 9.10. The van der Waals surface area contributed by atoms with Crippen LogP contribution >= 0.6 is 15.9 Å². The second kappa shape index (κ2) is 7.18. The van der Waals surface area contributed by atoms with Gasteiger partial charge in [0.1, 0.15) is 5.75 Å². The number of hydrogen-bond donors (Lipinski definition) is 1. The van der Waals surface area contributed by atoms with Crippen LogP contribution in [0.3, 0.4) is 0 Å². The first-order chi connectivity index (χ1) is 10.8. The number of hydrogen-bond acceptors (Lipinski definition) is 2. The predicted octanol–water partition coefficient (Wildman–Crippen LogP) is 4.82. The minimum absolute atomic E-state index is 0.0566. The molecule has 23 heavy (non-hydrogen) atoms. The molecule has 0 spiro atoms. The summed E-state index contributed by atoms with van der Waals surface area (Å²) < 4.78 is 6.60. The van der Waals surface area contributed by atoms with E-state index in [4.69, 9.17) is 4.74 Å². The highest BCUT2D eigenvalue weighted by atomic mass is 79.9. The lowest BCUT2D eigenvalue weighted by Crippen LogP contribution is -2.29. The van der Waals surface area contributed by atoms with Crippen molar-refractivity contribution < 1.29 is 14.6 Å². The zero-order chi connectivity index (χ0) is 17.0. The molecule has 0 aliphatic heterocycles. The van der Waals surface area contributed by atoms with Crippen molar-refractivity contribution >= 4 is 21.9 Å². The van der Waals surface area contributed by atoms with E-state index in [1.165, 1.54) is 5.56 Å². The first-order valence-electron chi connectivity index (χ1n) is 7.50. The Balaban J connectivity index is 2.12.